The van der Waals surface area contributed by atoms with Gasteiger partial charge in [-0.25, -0.2) is 4.79 Å². The molecule has 1 aromatic rings. The second-order valence-electron chi connectivity index (χ2n) is 8.58. The van der Waals surface area contributed by atoms with Crippen molar-refractivity contribution in [1.82, 2.24) is 16.0 Å². The highest BCUT2D eigenvalue weighted by Crippen LogP contribution is 2.10. The molecule has 0 saturated heterocycles. The number of amides is 3. The number of aliphatic carboxylic acids is 1. The standard InChI is InChI=1S/C24H39N5O5/c1-4-15(2)20(29-22(31)18(26)14-17-10-6-5-7-11-17)23(32)27-16(3)21(30)28-19(24(33)34)12-8-9-13-25/h5-7,10-11,15-16,18-20H,4,8-9,12-14,25-26H2,1-3H3,(H,27,32)(H,28,30)(H,29,31)(H,33,34). The first-order valence-corrected chi connectivity index (χ1v) is 11.7. The number of benzene rings is 1. The molecule has 0 aliphatic carbocycles. The number of rotatable bonds is 15. The van der Waals surface area contributed by atoms with Crippen molar-refractivity contribution in [2.75, 3.05) is 6.54 Å². The zero-order valence-electron chi connectivity index (χ0n) is 20.3. The zero-order valence-corrected chi connectivity index (χ0v) is 20.3. The summed E-state index contributed by atoms with van der Waals surface area (Å²) in [4.78, 5) is 49.5. The maximum Gasteiger partial charge on any atom is 0.326 e. The van der Waals surface area contributed by atoms with Crippen LogP contribution in [0.4, 0.5) is 0 Å². The number of unbranched alkanes of at least 4 members (excludes halogenated alkanes) is 1. The van der Waals surface area contributed by atoms with E-state index in [4.69, 9.17) is 11.5 Å². The third-order valence-corrected chi connectivity index (χ3v) is 5.74. The molecule has 0 radical (unpaired) electrons. The van der Waals surface area contributed by atoms with E-state index in [-0.39, 0.29) is 12.3 Å². The van der Waals surface area contributed by atoms with Gasteiger partial charge in [0.05, 0.1) is 6.04 Å². The third-order valence-electron chi connectivity index (χ3n) is 5.74. The van der Waals surface area contributed by atoms with Crippen molar-refractivity contribution in [3.8, 4) is 0 Å². The molecule has 10 heteroatoms. The van der Waals surface area contributed by atoms with E-state index in [0.29, 0.717) is 32.2 Å². The van der Waals surface area contributed by atoms with Crippen LogP contribution in [0.3, 0.4) is 0 Å². The van der Waals surface area contributed by atoms with Gasteiger partial charge in [0.2, 0.25) is 17.7 Å². The Morgan fingerprint density at radius 1 is 0.941 bits per heavy atom. The summed E-state index contributed by atoms with van der Waals surface area (Å²) in [5, 5.41) is 17.1. The highest BCUT2D eigenvalue weighted by molar-refractivity contribution is 5.94. The van der Waals surface area contributed by atoms with Crippen LogP contribution in [0.5, 0.6) is 0 Å². The Bertz CT molecular complexity index is 804. The number of carbonyl (C=O) groups is 4. The average Bonchev–Trinajstić information content (AvgIpc) is 2.81. The lowest BCUT2D eigenvalue weighted by molar-refractivity contribution is -0.142. The first-order chi connectivity index (χ1) is 16.1. The van der Waals surface area contributed by atoms with Gasteiger partial charge in [0.25, 0.3) is 0 Å². The van der Waals surface area contributed by atoms with E-state index in [9.17, 15) is 24.3 Å². The summed E-state index contributed by atoms with van der Waals surface area (Å²) in [6.07, 6.45) is 2.37. The zero-order chi connectivity index (χ0) is 25.7. The Hall–Kier alpha value is -2.98. The molecule has 8 N–H and O–H groups in total. The Morgan fingerprint density at radius 2 is 1.59 bits per heavy atom. The lowest BCUT2D eigenvalue weighted by atomic mass is 9.97. The van der Waals surface area contributed by atoms with Crippen LogP contribution in [0.2, 0.25) is 0 Å². The molecule has 5 atom stereocenters. The van der Waals surface area contributed by atoms with E-state index >= 15 is 0 Å². The van der Waals surface area contributed by atoms with Crippen LogP contribution in [-0.4, -0.2) is 59.5 Å². The predicted octanol–water partition coefficient (Wildman–Crippen LogP) is 0.290. The monoisotopic (exact) mass is 477 g/mol. The van der Waals surface area contributed by atoms with E-state index in [1.54, 1.807) is 0 Å². The molecule has 1 aromatic carbocycles. The molecule has 3 amide bonds. The molecule has 0 aliphatic heterocycles. The molecule has 5 unspecified atom stereocenters. The van der Waals surface area contributed by atoms with E-state index in [2.05, 4.69) is 16.0 Å². The molecular formula is C24H39N5O5. The van der Waals surface area contributed by atoms with Crippen LogP contribution in [0.15, 0.2) is 30.3 Å². The predicted molar refractivity (Wildman–Crippen MR) is 130 cm³/mol. The Labute approximate surface area is 201 Å². The van der Waals surface area contributed by atoms with Gasteiger partial charge in [0, 0.05) is 0 Å². The summed E-state index contributed by atoms with van der Waals surface area (Å²) in [6.45, 7) is 5.60. The fraction of sp³-hybridized carbons (Fsp3) is 0.583. The summed E-state index contributed by atoms with van der Waals surface area (Å²) in [5.41, 5.74) is 12.4. The van der Waals surface area contributed by atoms with Gasteiger partial charge in [0.15, 0.2) is 0 Å². The van der Waals surface area contributed by atoms with Gasteiger partial charge in [-0.15, -0.1) is 0 Å². The number of hydrogen-bond acceptors (Lipinski definition) is 6. The minimum absolute atomic E-state index is 0.217. The Kier molecular flexibility index (Phi) is 12.8. The van der Waals surface area contributed by atoms with Crippen LogP contribution in [0, 0.1) is 5.92 Å². The minimum Gasteiger partial charge on any atom is -0.480 e. The van der Waals surface area contributed by atoms with Gasteiger partial charge in [-0.3, -0.25) is 14.4 Å². The largest absolute Gasteiger partial charge is 0.480 e. The maximum atomic E-state index is 12.9. The number of nitrogens with one attached hydrogen (secondary N) is 3. The van der Waals surface area contributed by atoms with E-state index in [0.717, 1.165) is 5.56 Å². The molecule has 0 fully saturated rings. The number of carbonyl (C=O) groups excluding carboxylic acids is 3. The smallest absolute Gasteiger partial charge is 0.326 e. The number of carboxylic acids is 1. The van der Waals surface area contributed by atoms with Crippen LogP contribution in [0.1, 0.15) is 52.0 Å². The van der Waals surface area contributed by atoms with Gasteiger partial charge in [-0.2, -0.15) is 0 Å². The Balaban J connectivity index is 2.75. The van der Waals surface area contributed by atoms with Gasteiger partial charge in [-0.1, -0.05) is 50.6 Å². The first-order valence-electron chi connectivity index (χ1n) is 11.7. The molecule has 34 heavy (non-hydrogen) atoms. The number of hydrogen-bond donors (Lipinski definition) is 6. The molecule has 0 saturated carbocycles. The van der Waals surface area contributed by atoms with Crippen molar-refractivity contribution in [2.45, 2.75) is 77.0 Å². The van der Waals surface area contributed by atoms with Crippen LogP contribution in [-0.2, 0) is 25.6 Å². The summed E-state index contributed by atoms with van der Waals surface area (Å²) >= 11 is 0. The fourth-order valence-electron chi connectivity index (χ4n) is 3.34. The van der Waals surface area contributed by atoms with Crippen LogP contribution >= 0.6 is 0 Å². The fourth-order valence-corrected chi connectivity index (χ4v) is 3.34. The van der Waals surface area contributed by atoms with Crippen LogP contribution in [0.25, 0.3) is 0 Å². The molecule has 1 rings (SSSR count). The quantitative estimate of drug-likeness (QED) is 0.197. The molecule has 190 valence electrons. The molecule has 0 aromatic heterocycles. The molecule has 0 bridgehead atoms. The molecule has 0 aliphatic rings. The maximum absolute atomic E-state index is 12.9. The van der Waals surface area contributed by atoms with Gasteiger partial charge < -0.3 is 32.5 Å². The van der Waals surface area contributed by atoms with Gasteiger partial charge in [-0.05, 0) is 50.6 Å². The molecular weight excluding hydrogens is 438 g/mol. The second-order valence-corrected chi connectivity index (χ2v) is 8.58. The minimum atomic E-state index is -1.15. The van der Waals surface area contributed by atoms with E-state index in [1.165, 1.54) is 6.92 Å². The van der Waals surface area contributed by atoms with Crippen molar-refractivity contribution >= 4 is 23.7 Å². The molecule has 0 spiro atoms. The van der Waals surface area contributed by atoms with Crippen molar-refractivity contribution in [3.05, 3.63) is 35.9 Å². The molecule has 10 nitrogen and oxygen atoms in total. The topological polar surface area (TPSA) is 177 Å². The van der Waals surface area contributed by atoms with E-state index in [1.807, 2.05) is 44.2 Å². The lowest BCUT2D eigenvalue weighted by Crippen LogP contribution is -2.58. The van der Waals surface area contributed by atoms with Crippen molar-refractivity contribution in [3.63, 3.8) is 0 Å². The van der Waals surface area contributed by atoms with Crippen LogP contribution < -0.4 is 27.4 Å². The number of nitrogens with two attached hydrogens (primary N) is 2. The summed E-state index contributed by atoms with van der Waals surface area (Å²) < 4.78 is 0. The second kappa shape index (κ2) is 15.0. The average molecular weight is 478 g/mol. The van der Waals surface area contributed by atoms with E-state index < -0.39 is 47.9 Å². The highest BCUT2D eigenvalue weighted by Gasteiger charge is 2.30. The summed E-state index contributed by atoms with van der Waals surface area (Å²) in [5.74, 6) is -2.99. The van der Waals surface area contributed by atoms with Gasteiger partial charge in [0.1, 0.15) is 18.1 Å². The number of carboxylic acid groups (broad SMARTS) is 1. The van der Waals surface area contributed by atoms with Gasteiger partial charge >= 0.3 is 5.97 Å². The van der Waals surface area contributed by atoms with Crippen molar-refractivity contribution in [2.24, 2.45) is 17.4 Å². The highest BCUT2D eigenvalue weighted by atomic mass is 16.4. The third kappa shape index (κ3) is 9.88. The first kappa shape index (κ1) is 29.1. The normalized spacial score (nSPS) is 15.3. The summed E-state index contributed by atoms with van der Waals surface area (Å²) in [7, 11) is 0. The lowest BCUT2D eigenvalue weighted by Gasteiger charge is -2.27. The molecule has 0 heterocycles. The summed E-state index contributed by atoms with van der Waals surface area (Å²) in [6, 6.07) is 5.52. The SMILES string of the molecule is CCC(C)C(NC(=O)C(N)Cc1ccccc1)C(=O)NC(C)C(=O)NC(CCCCN)C(=O)O. The Morgan fingerprint density at radius 3 is 2.15 bits per heavy atom. The van der Waals surface area contributed by atoms with Crippen molar-refractivity contribution < 1.29 is 24.3 Å². The van der Waals surface area contributed by atoms with Crippen molar-refractivity contribution in [1.29, 1.82) is 0 Å².